The Kier molecular flexibility index (Phi) is 82.1. The van der Waals surface area contributed by atoms with Gasteiger partial charge in [0.25, 0.3) is 0 Å². The van der Waals surface area contributed by atoms with Gasteiger partial charge in [-0.05, 0) is 31.6 Å². The Bertz CT molecular complexity index is 2080. The van der Waals surface area contributed by atoms with E-state index in [0.29, 0.717) is 25.7 Å². The lowest BCUT2D eigenvalue weighted by atomic mass is 10.0. The fraction of sp³-hybridized carbons (Fsp3) is 0.956. The van der Waals surface area contributed by atoms with Gasteiger partial charge < -0.3 is 33.8 Å². The van der Waals surface area contributed by atoms with Gasteiger partial charge in [0, 0.05) is 25.7 Å². The van der Waals surface area contributed by atoms with Gasteiger partial charge in [-0.1, -0.05) is 446 Å². The zero-order chi connectivity index (χ0) is 80.4. The van der Waals surface area contributed by atoms with E-state index < -0.39 is 97.5 Å². The van der Waals surface area contributed by atoms with Crippen molar-refractivity contribution in [3.05, 3.63) is 0 Å². The van der Waals surface area contributed by atoms with E-state index in [1.807, 2.05) is 0 Å². The third-order valence-corrected chi connectivity index (χ3v) is 23.4. The molecule has 5 atom stereocenters. The Morgan fingerprint density at radius 3 is 0.618 bits per heavy atom. The summed E-state index contributed by atoms with van der Waals surface area (Å²) in [6.45, 7) is 7.36. The van der Waals surface area contributed by atoms with Crippen molar-refractivity contribution in [2.75, 3.05) is 39.6 Å². The molecule has 0 fully saturated rings. The third-order valence-electron chi connectivity index (χ3n) is 21.5. The summed E-state index contributed by atoms with van der Waals surface area (Å²) in [4.78, 5) is 73.4. The van der Waals surface area contributed by atoms with Crippen LogP contribution in [-0.2, 0) is 65.4 Å². The van der Waals surface area contributed by atoms with E-state index in [4.69, 9.17) is 37.0 Å². The molecule has 0 aromatic rings. The second kappa shape index (κ2) is 83.5. The molecule has 0 aliphatic rings. The molecule has 0 amide bonds. The van der Waals surface area contributed by atoms with E-state index in [-0.39, 0.29) is 25.7 Å². The van der Waals surface area contributed by atoms with Gasteiger partial charge in [0.15, 0.2) is 12.2 Å². The first kappa shape index (κ1) is 108. The van der Waals surface area contributed by atoms with Crippen LogP contribution >= 0.6 is 15.6 Å². The topological polar surface area (TPSA) is 237 Å². The highest BCUT2D eigenvalue weighted by molar-refractivity contribution is 7.47. The number of carbonyl (C=O) groups is 4. The van der Waals surface area contributed by atoms with Crippen molar-refractivity contribution in [3.63, 3.8) is 0 Å². The first-order chi connectivity index (χ1) is 53.5. The van der Waals surface area contributed by atoms with Gasteiger partial charge in [0.05, 0.1) is 26.4 Å². The van der Waals surface area contributed by atoms with Crippen molar-refractivity contribution in [3.8, 4) is 0 Å². The van der Waals surface area contributed by atoms with Gasteiger partial charge in [0.2, 0.25) is 0 Å². The molecular weight excluding hydrogens is 1430 g/mol. The molecule has 0 aliphatic heterocycles. The molecule has 0 bridgehead atoms. The minimum atomic E-state index is -4.97. The van der Waals surface area contributed by atoms with Crippen LogP contribution in [0, 0.1) is 5.92 Å². The Morgan fingerprint density at radius 1 is 0.245 bits per heavy atom. The number of unbranched alkanes of at least 4 members (excludes halogenated alkanes) is 63. The average molecular weight is 1610 g/mol. The lowest BCUT2D eigenvalue weighted by Gasteiger charge is -2.21. The third kappa shape index (κ3) is 84.0. The fourth-order valence-corrected chi connectivity index (χ4v) is 15.9. The van der Waals surface area contributed by atoms with Crippen LogP contribution in [-0.4, -0.2) is 96.7 Å². The molecule has 19 heteroatoms. The number of rotatable bonds is 91. The minimum absolute atomic E-state index is 0.109. The number of hydrogen-bond donors (Lipinski definition) is 3. The minimum Gasteiger partial charge on any atom is -0.462 e. The van der Waals surface area contributed by atoms with Gasteiger partial charge >= 0.3 is 39.5 Å². The standard InChI is InChI=1S/C91H178O17P2/c1-6-9-12-15-18-21-24-27-30-33-36-38-40-43-46-49-52-55-62-67-72-76-90(95)107-86(80-101-88(93)74-69-64-59-53-50-47-44-42-39-37-34-31-28-25-22-19-16-13-10-7-2)82-105-109(97,98)103-78-85(92)79-104-110(99,100)106-83-87(81-102-89(94)75-70-65-60-57-56-58-63-68-73-84(4)5)108-91(96)77-71-66-61-54-51-48-45-41-35-32-29-26-23-20-17-14-11-8-3/h84-87,92H,6-83H2,1-5H3,(H,97,98)(H,99,100)/t85-,86-,87-/m1/s1. The predicted octanol–water partition coefficient (Wildman–Crippen LogP) is 28.3. The van der Waals surface area contributed by atoms with Crippen LogP contribution in [0.5, 0.6) is 0 Å². The maximum Gasteiger partial charge on any atom is 0.472 e. The molecule has 0 spiro atoms. The van der Waals surface area contributed by atoms with E-state index in [0.717, 1.165) is 95.8 Å². The summed E-state index contributed by atoms with van der Waals surface area (Å²) in [5.41, 5.74) is 0. The highest BCUT2D eigenvalue weighted by Gasteiger charge is 2.31. The van der Waals surface area contributed by atoms with Crippen molar-refractivity contribution in [2.24, 2.45) is 5.92 Å². The summed E-state index contributed by atoms with van der Waals surface area (Å²) >= 11 is 0. The summed E-state index contributed by atoms with van der Waals surface area (Å²) < 4.78 is 69.1. The van der Waals surface area contributed by atoms with E-state index in [2.05, 4.69) is 34.6 Å². The summed E-state index contributed by atoms with van der Waals surface area (Å²) in [5.74, 6) is -1.37. The molecular formula is C91H178O17P2. The van der Waals surface area contributed by atoms with Gasteiger partial charge in [-0.25, -0.2) is 9.13 Å². The Hall–Kier alpha value is -1.94. The smallest absolute Gasteiger partial charge is 0.462 e. The predicted molar refractivity (Wildman–Crippen MR) is 455 cm³/mol. The number of ether oxygens (including phenoxy) is 4. The van der Waals surface area contributed by atoms with Crippen molar-refractivity contribution >= 4 is 39.5 Å². The lowest BCUT2D eigenvalue weighted by Crippen LogP contribution is -2.30. The van der Waals surface area contributed by atoms with Crippen molar-refractivity contribution in [1.29, 1.82) is 0 Å². The highest BCUT2D eigenvalue weighted by Crippen LogP contribution is 2.45. The number of carbonyl (C=O) groups excluding carboxylic acids is 4. The Balaban J connectivity index is 5.23. The Morgan fingerprint density at radius 2 is 0.418 bits per heavy atom. The first-order valence-electron chi connectivity index (χ1n) is 47.1. The van der Waals surface area contributed by atoms with E-state index >= 15 is 0 Å². The van der Waals surface area contributed by atoms with E-state index in [1.54, 1.807) is 0 Å². The normalized spacial score (nSPS) is 13.7. The van der Waals surface area contributed by atoms with Crippen LogP contribution in [0.25, 0.3) is 0 Å². The van der Waals surface area contributed by atoms with Crippen molar-refractivity contribution < 1.29 is 80.2 Å². The summed E-state index contributed by atoms with van der Waals surface area (Å²) in [5, 5.41) is 10.7. The van der Waals surface area contributed by atoms with E-state index in [1.165, 1.54) is 321 Å². The molecule has 654 valence electrons. The van der Waals surface area contributed by atoms with E-state index in [9.17, 15) is 43.2 Å². The molecule has 0 aliphatic carbocycles. The average Bonchev–Trinajstić information content (AvgIpc) is 0.894. The number of phosphoric ester groups is 2. The fourth-order valence-electron chi connectivity index (χ4n) is 14.4. The van der Waals surface area contributed by atoms with Gasteiger partial charge in [-0.3, -0.25) is 37.3 Å². The molecule has 0 aromatic carbocycles. The van der Waals surface area contributed by atoms with Crippen molar-refractivity contribution in [1.82, 2.24) is 0 Å². The van der Waals surface area contributed by atoms with Gasteiger partial charge in [-0.15, -0.1) is 0 Å². The van der Waals surface area contributed by atoms with Crippen LogP contribution in [0.3, 0.4) is 0 Å². The van der Waals surface area contributed by atoms with Crippen LogP contribution in [0.1, 0.15) is 497 Å². The molecule has 2 unspecified atom stereocenters. The number of aliphatic hydroxyl groups is 1. The molecule has 0 heterocycles. The van der Waals surface area contributed by atoms with Crippen LogP contribution < -0.4 is 0 Å². The molecule has 0 aromatic heterocycles. The summed E-state index contributed by atoms with van der Waals surface area (Å²) in [6.07, 6.45) is 79.4. The number of esters is 4. The summed E-state index contributed by atoms with van der Waals surface area (Å²) in [7, 11) is -9.93. The molecule has 0 rings (SSSR count). The number of hydrogen-bond acceptors (Lipinski definition) is 15. The highest BCUT2D eigenvalue weighted by atomic mass is 31.2. The lowest BCUT2D eigenvalue weighted by molar-refractivity contribution is -0.161. The largest absolute Gasteiger partial charge is 0.472 e. The molecule has 110 heavy (non-hydrogen) atoms. The zero-order valence-electron chi connectivity index (χ0n) is 72.4. The van der Waals surface area contributed by atoms with Crippen LogP contribution in [0.4, 0.5) is 0 Å². The first-order valence-corrected chi connectivity index (χ1v) is 50.1. The number of aliphatic hydroxyl groups excluding tert-OH is 1. The maximum absolute atomic E-state index is 13.2. The number of phosphoric acid groups is 2. The van der Waals surface area contributed by atoms with Crippen molar-refractivity contribution in [2.45, 2.75) is 515 Å². The maximum atomic E-state index is 13.2. The second-order valence-corrected chi connectivity index (χ2v) is 36.1. The molecule has 0 radical (unpaired) electrons. The van der Waals surface area contributed by atoms with Crippen LogP contribution in [0.2, 0.25) is 0 Å². The monoisotopic (exact) mass is 1610 g/mol. The quantitative estimate of drug-likeness (QED) is 0.0222. The van der Waals surface area contributed by atoms with Crippen LogP contribution in [0.15, 0.2) is 0 Å². The summed E-state index contributed by atoms with van der Waals surface area (Å²) in [6, 6.07) is 0. The van der Waals surface area contributed by atoms with Gasteiger partial charge in [-0.2, -0.15) is 0 Å². The molecule has 0 saturated heterocycles. The van der Waals surface area contributed by atoms with Gasteiger partial charge in [0.1, 0.15) is 19.3 Å². The second-order valence-electron chi connectivity index (χ2n) is 33.2. The SMILES string of the molecule is CCCCCCCCCCCCCCCCCCCCCCCC(=O)O[C@H](COC(=O)CCCCCCCCCCCCCCCCCCCCCC)COP(=O)(O)OC[C@@H](O)COP(=O)(O)OC[C@@H](COC(=O)CCCCCCCCCCC(C)C)OC(=O)CCCCCCCCCCCCCCCCCCCC. The Labute approximate surface area is 677 Å². The zero-order valence-corrected chi connectivity index (χ0v) is 74.2. The molecule has 17 nitrogen and oxygen atoms in total. The molecule has 3 N–H and O–H groups in total. The molecule has 0 saturated carbocycles.